The lowest BCUT2D eigenvalue weighted by Gasteiger charge is -2.16. The lowest BCUT2D eigenvalue weighted by atomic mass is 9.92. The molecule has 1 heterocycles. The van der Waals surface area contributed by atoms with E-state index in [2.05, 4.69) is 138 Å². The average molecular weight is 467 g/mol. The summed E-state index contributed by atoms with van der Waals surface area (Å²) in [5.41, 5.74) is 9.99. The molecule has 0 amide bonds. The van der Waals surface area contributed by atoms with Crippen LogP contribution in [0.5, 0.6) is 0 Å². The molecule has 0 N–H and O–H groups in total. The number of nitrogens with zero attached hydrogens (tertiary/aromatic N) is 3. The third kappa shape index (κ3) is 4.82. The standard InChI is InChI=1S/C32H40N3/c1-21(2)26-16-12-17-27(22(3)4)31(26)34-20-30(25-14-10-9-11-15-25)35(33-34)32-28(23(5)6)18-13-19-29(32)24(7)8/h9-24H,1-8H3/q+1. The van der Waals surface area contributed by atoms with Crippen molar-refractivity contribution in [1.29, 1.82) is 0 Å². The quantitative estimate of drug-likeness (QED) is 0.251. The van der Waals surface area contributed by atoms with Gasteiger partial charge in [0.1, 0.15) is 5.21 Å². The maximum Gasteiger partial charge on any atom is 0.205 e. The van der Waals surface area contributed by atoms with E-state index >= 15 is 0 Å². The highest BCUT2D eigenvalue weighted by atomic mass is 15.5. The number of rotatable bonds is 7. The molecule has 0 aliphatic rings. The van der Waals surface area contributed by atoms with Gasteiger partial charge >= 0.3 is 0 Å². The molecule has 1 aromatic heterocycles. The molecule has 0 aliphatic carbocycles. The minimum Gasteiger partial charge on any atom is -0.101 e. The summed E-state index contributed by atoms with van der Waals surface area (Å²) < 4.78 is 4.33. The van der Waals surface area contributed by atoms with E-state index in [0.717, 1.165) is 5.69 Å². The highest BCUT2D eigenvalue weighted by Crippen LogP contribution is 2.33. The number of para-hydroxylation sites is 2. The highest BCUT2D eigenvalue weighted by molar-refractivity contribution is 5.59. The molecule has 0 bridgehead atoms. The Labute approximate surface area is 211 Å². The maximum absolute atomic E-state index is 5.33. The summed E-state index contributed by atoms with van der Waals surface area (Å²) in [4.78, 5) is 0. The average Bonchev–Trinajstić information content (AvgIpc) is 3.28. The van der Waals surface area contributed by atoms with E-state index in [1.54, 1.807) is 0 Å². The summed E-state index contributed by atoms with van der Waals surface area (Å²) in [7, 11) is 0. The topological polar surface area (TPSA) is 21.7 Å². The van der Waals surface area contributed by atoms with Crippen LogP contribution in [0.15, 0.2) is 72.9 Å². The Morgan fingerprint density at radius 3 is 1.49 bits per heavy atom. The molecular weight excluding hydrogens is 426 g/mol. The van der Waals surface area contributed by atoms with E-state index < -0.39 is 0 Å². The van der Waals surface area contributed by atoms with Crippen molar-refractivity contribution >= 4 is 0 Å². The first-order valence-corrected chi connectivity index (χ1v) is 13.0. The lowest BCUT2D eigenvalue weighted by molar-refractivity contribution is -0.651. The summed E-state index contributed by atoms with van der Waals surface area (Å²) in [6.45, 7) is 18.2. The first-order valence-electron chi connectivity index (χ1n) is 13.0. The van der Waals surface area contributed by atoms with E-state index in [-0.39, 0.29) is 0 Å². The zero-order valence-electron chi connectivity index (χ0n) is 22.6. The van der Waals surface area contributed by atoms with E-state index in [0.29, 0.717) is 23.7 Å². The zero-order valence-corrected chi connectivity index (χ0v) is 22.6. The molecular formula is C32H40N3+. The molecule has 0 atom stereocenters. The Bertz CT molecular complexity index is 1240. The van der Waals surface area contributed by atoms with Crippen LogP contribution in [-0.4, -0.2) is 9.90 Å². The van der Waals surface area contributed by atoms with Gasteiger partial charge in [-0.1, -0.05) is 127 Å². The Hall–Kier alpha value is -3.20. The molecule has 0 saturated carbocycles. The van der Waals surface area contributed by atoms with Crippen LogP contribution in [0.2, 0.25) is 0 Å². The van der Waals surface area contributed by atoms with Gasteiger partial charge in [0.05, 0.1) is 0 Å². The number of benzene rings is 3. The Kier molecular flexibility index (Phi) is 7.25. The van der Waals surface area contributed by atoms with Crippen LogP contribution in [0.1, 0.15) is 101 Å². The molecule has 35 heavy (non-hydrogen) atoms. The second-order valence-corrected chi connectivity index (χ2v) is 10.8. The summed E-state index contributed by atoms with van der Waals surface area (Å²) in [5.74, 6) is 1.57. The van der Waals surface area contributed by atoms with Gasteiger partial charge in [0.15, 0.2) is 17.6 Å². The number of aromatic nitrogens is 3. The molecule has 182 valence electrons. The minimum absolute atomic E-state index is 0.388. The van der Waals surface area contributed by atoms with Crippen LogP contribution < -0.4 is 4.68 Å². The molecule has 0 radical (unpaired) electrons. The third-order valence-electron chi connectivity index (χ3n) is 6.85. The van der Waals surface area contributed by atoms with Gasteiger partial charge in [0, 0.05) is 27.8 Å². The minimum atomic E-state index is 0.388. The molecule has 4 aromatic rings. The van der Waals surface area contributed by atoms with Crippen LogP contribution in [-0.2, 0) is 0 Å². The van der Waals surface area contributed by atoms with Gasteiger partial charge in [0.2, 0.25) is 5.69 Å². The van der Waals surface area contributed by atoms with Crippen LogP contribution in [0.4, 0.5) is 0 Å². The molecule has 4 rings (SSSR count). The first kappa shape index (κ1) is 24.9. The highest BCUT2D eigenvalue weighted by Gasteiger charge is 2.29. The van der Waals surface area contributed by atoms with Gasteiger partial charge < -0.3 is 0 Å². The molecule has 0 spiro atoms. The smallest absolute Gasteiger partial charge is 0.101 e. The van der Waals surface area contributed by atoms with Gasteiger partial charge in [-0.15, -0.1) is 4.68 Å². The normalized spacial score (nSPS) is 11.9. The van der Waals surface area contributed by atoms with Gasteiger partial charge in [0.25, 0.3) is 0 Å². The fraction of sp³-hybridized carbons (Fsp3) is 0.375. The largest absolute Gasteiger partial charge is 0.205 e. The van der Waals surface area contributed by atoms with Crippen LogP contribution >= 0.6 is 0 Å². The van der Waals surface area contributed by atoms with Crippen molar-refractivity contribution in [2.45, 2.75) is 79.1 Å². The Morgan fingerprint density at radius 2 is 1.03 bits per heavy atom. The van der Waals surface area contributed by atoms with Crippen LogP contribution in [0.3, 0.4) is 0 Å². The summed E-state index contributed by atoms with van der Waals surface area (Å²) in [6.07, 6.45) is 2.23. The fourth-order valence-corrected chi connectivity index (χ4v) is 4.95. The van der Waals surface area contributed by atoms with Crippen molar-refractivity contribution in [3.05, 3.63) is 95.2 Å². The van der Waals surface area contributed by atoms with E-state index in [4.69, 9.17) is 5.21 Å². The summed E-state index contributed by atoms with van der Waals surface area (Å²) in [6, 6.07) is 24.1. The van der Waals surface area contributed by atoms with Crippen molar-refractivity contribution in [1.82, 2.24) is 9.90 Å². The second-order valence-electron chi connectivity index (χ2n) is 10.8. The zero-order chi connectivity index (χ0) is 25.3. The van der Waals surface area contributed by atoms with Crippen molar-refractivity contribution in [3.63, 3.8) is 0 Å². The van der Waals surface area contributed by atoms with Gasteiger partial charge in [-0.3, -0.25) is 0 Å². The summed E-state index contributed by atoms with van der Waals surface area (Å²) >= 11 is 0. The molecule has 0 aliphatic heterocycles. The lowest BCUT2D eigenvalue weighted by Crippen LogP contribution is -2.39. The third-order valence-corrected chi connectivity index (χ3v) is 6.85. The van der Waals surface area contributed by atoms with Crippen molar-refractivity contribution in [2.24, 2.45) is 0 Å². The van der Waals surface area contributed by atoms with Gasteiger partial charge in [-0.05, 0) is 23.7 Å². The Morgan fingerprint density at radius 1 is 0.571 bits per heavy atom. The number of hydrogen-bond acceptors (Lipinski definition) is 1. The molecule has 0 unspecified atom stereocenters. The van der Waals surface area contributed by atoms with Crippen molar-refractivity contribution < 1.29 is 4.68 Å². The SMILES string of the molecule is CC(C)c1cccc(C(C)C)c1-n1cc(-c2ccccc2)[n+](-c2c(C(C)C)cccc2C(C)C)n1. The first-order chi connectivity index (χ1) is 16.7. The van der Waals surface area contributed by atoms with E-state index in [1.807, 2.05) is 0 Å². The maximum atomic E-state index is 5.33. The van der Waals surface area contributed by atoms with E-state index in [9.17, 15) is 0 Å². The van der Waals surface area contributed by atoms with Crippen LogP contribution in [0, 0.1) is 0 Å². The van der Waals surface area contributed by atoms with Crippen molar-refractivity contribution in [2.75, 3.05) is 0 Å². The molecule has 3 heteroatoms. The molecule has 0 saturated heterocycles. The van der Waals surface area contributed by atoms with Gasteiger partial charge in [-0.25, -0.2) is 0 Å². The summed E-state index contributed by atoms with van der Waals surface area (Å²) in [5, 5.41) is 5.33. The van der Waals surface area contributed by atoms with Crippen molar-refractivity contribution in [3.8, 4) is 22.6 Å². The van der Waals surface area contributed by atoms with Crippen LogP contribution in [0.25, 0.3) is 22.6 Å². The fourth-order valence-electron chi connectivity index (χ4n) is 4.95. The monoisotopic (exact) mass is 466 g/mol. The Balaban J connectivity index is 2.10. The second kappa shape index (κ2) is 10.2. The predicted molar refractivity (Wildman–Crippen MR) is 147 cm³/mol. The van der Waals surface area contributed by atoms with E-state index in [1.165, 1.54) is 39.2 Å². The predicted octanol–water partition coefficient (Wildman–Crippen LogP) is 8.31. The number of hydrogen-bond donors (Lipinski definition) is 0. The molecule has 3 aromatic carbocycles. The molecule has 0 fully saturated rings. The van der Waals surface area contributed by atoms with Gasteiger partial charge in [-0.2, -0.15) is 0 Å². The molecule has 3 nitrogen and oxygen atoms in total.